The fraction of sp³-hybridized carbons (Fsp3) is 0.467. The van der Waals surface area contributed by atoms with Gasteiger partial charge in [0.1, 0.15) is 5.78 Å². The minimum atomic E-state index is 0.0261. The molecule has 1 saturated carbocycles. The minimum Gasteiger partial charge on any atom is -0.341 e. The number of hydrogen-bond donors (Lipinski definition) is 0. The molecule has 0 bridgehead atoms. The molecule has 0 unspecified atom stereocenters. The van der Waals surface area contributed by atoms with E-state index in [9.17, 15) is 9.59 Å². The van der Waals surface area contributed by atoms with Crippen LogP contribution in [0.5, 0.6) is 0 Å². The maximum atomic E-state index is 12.3. The highest BCUT2D eigenvalue weighted by molar-refractivity contribution is 9.10. The van der Waals surface area contributed by atoms with Gasteiger partial charge in [-0.3, -0.25) is 9.59 Å². The number of carbonyl (C=O) groups excluding carboxylic acids is 2. The summed E-state index contributed by atoms with van der Waals surface area (Å²) in [7, 11) is 1.83. The molecule has 19 heavy (non-hydrogen) atoms. The van der Waals surface area contributed by atoms with Crippen molar-refractivity contribution in [3.05, 3.63) is 34.3 Å². The van der Waals surface area contributed by atoms with Crippen molar-refractivity contribution in [1.29, 1.82) is 0 Å². The van der Waals surface area contributed by atoms with Crippen LogP contribution in [0.4, 0.5) is 0 Å². The summed E-state index contributed by atoms with van der Waals surface area (Å²) in [4.78, 5) is 25.2. The first kappa shape index (κ1) is 14.3. The molecule has 1 aromatic carbocycles. The van der Waals surface area contributed by atoms with Crippen LogP contribution < -0.4 is 0 Å². The highest BCUT2D eigenvalue weighted by Gasteiger charge is 2.26. The topological polar surface area (TPSA) is 37.4 Å². The Bertz CT molecular complexity index is 460. The lowest BCUT2D eigenvalue weighted by Gasteiger charge is -2.26. The van der Waals surface area contributed by atoms with E-state index in [2.05, 4.69) is 15.9 Å². The van der Waals surface area contributed by atoms with Crippen molar-refractivity contribution in [1.82, 2.24) is 4.90 Å². The number of halogens is 1. The number of hydrogen-bond acceptors (Lipinski definition) is 2. The normalized spacial score (nSPS) is 16.4. The SMILES string of the molecule is CN(Cc1ccc(Br)cc1)C(=O)C1CCC(=O)CC1. The van der Waals surface area contributed by atoms with E-state index in [0.29, 0.717) is 38.0 Å². The average molecular weight is 324 g/mol. The molecule has 2 rings (SSSR count). The van der Waals surface area contributed by atoms with Gasteiger partial charge in [0, 0.05) is 36.8 Å². The summed E-state index contributed by atoms with van der Waals surface area (Å²) in [6.07, 6.45) is 2.54. The first-order valence-corrected chi connectivity index (χ1v) is 7.36. The molecule has 1 fully saturated rings. The van der Waals surface area contributed by atoms with Gasteiger partial charge in [0.15, 0.2) is 0 Å². The Morgan fingerprint density at radius 3 is 2.42 bits per heavy atom. The lowest BCUT2D eigenvalue weighted by atomic mass is 9.87. The van der Waals surface area contributed by atoms with E-state index in [4.69, 9.17) is 0 Å². The second kappa shape index (κ2) is 6.33. The summed E-state index contributed by atoms with van der Waals surface area (Å²) in [6, 6.07) is 7.98. The Balaban J connectivity index is 1.92. The first-order valence-electron chi connectivity index (χ1n) is 6.57. The Morgan fingerprint density at radius 1 is 1.26 bits per heavy atom. The summed E-state index contributed by atoms with van der Waals surface area (Å²) in [6.45, 7) is 0.622. The molecule has 1 aliphatic rings. The number of nitrogens with zero attached hydrogens (tertiary/aromatic N) is 1. The maximum Gasteiger partial charge on any atom is 0.225 e. The smallest absolute Gasteiger partial charge is 0.225 e. The maximum absolute atomic E-state index is 12.3. The van der Waals surface area contributed by atoms with Crippen molar-refractivity contribution in [2.45, 2.75) is 32.2 Å². The van der Waals surface area contributed by atoms with Gasteiger partial charge >= 0.3 is 0 Å². The molecule has 0 spiro atoms. The van der Waals surface area contributed by atoms with E-state index < -0.39 is 0 Å². The molecule has 4 heteroatoms. The van der Waals surface area contributed by atoms with Gasteiger partial charge in [-0.15, -0.1) is 0 Å². The molecule has 0 saturated heterocycles. The number of carbonyl (C=O) groups is 2. The van der Waals surface area contributed by atoms with Crippen LogP contribution in [0.15, 0.2) is 28.7 Å². The van der Waals surface area contributed by atoms with E-state index in [0.717, 1.165) is 10.0 Å². The van der Waals surface area contributed by atoms with Gasteiger partial charge in [0.25, 0.3) is 0 Å². The van der Waals surface area contributed by atoms with Crippen LogP contribution in [0.2, 0.25) is 0 Å². The molecular formula is C15H18BrNO2. The second-order valence-corrected chi connectivity index (χ2v) is 6.05. The number of ketones is 1. The van der Waals surface area contributed by atoms with Crippen molar-refractivity contribution in [2.24, 2.45) is 5.92 Å². The molecule has 102 valence electrons. The van der Waals surface area contributed by atoms with E-state index in [1.165, 1.54) is 0 Å². The molecular weight excluding hydrogens is 306 g/mol. The molecule has 1 amide bonds. The Labute approximate surface area is 122 Å². The fourth-order valence-corrected chi connectivity index (χ4v) is 2.70. The molecule has 0 atom stereocenters. The van der Waals surface area contributed by atoms with E-state index >= 15 is 0 Å². The lowest BCUT2D eigenvalue weighted by Crippen LogP contribution is -2.34. The average Bonchev–Trinajstić information content (AvgIpc) is 2.41. The van der Waals surface area contributed by atoms with Crippen molar-refractivity contribution >= 4 is 27.6 Å². The van der Waals surface area contributed by atoms with Gasteiger partial charge in [-0.2, -0.15) is 0 Å². The second-order valence-electron chi connectivity index (χ2n) is 5.13. The predicted octanol–water partition coefficient (Wildman–Crippen LogP) is 3.17. The summed E-state index contributed by atoms with van der Waals surface area (Å²) < 4.78 is 1.04. The summed E-state index contributed by atoms with van der Waals surface area (Å²) in [5, 5.41) is 0. The molecule has 3 nitrogen and oxygen atoms in total. The van der Waals surface area contributed by atoms with Gasteiger partial charge in [0.2, 0.25) is 5.91 Å². The quantitative estimate of drug-likeness (QED) is 0.856. The van der Waals surface area contributed by atoms with Crippen molar-refractivity contribution in [3.8, 4) is 0 Å². The van der Waals surface area contributed by atoms with Crippen LogP contribution in [-0.4, -0.2) is 23.6 Å². The molecule has 0 heterocycles. The van der Waals surface area contributed by atoms with Crippen LogP contribution >= 0.6 is 15.9 Å². The van der Waals surface area contributed by atoms with Crippen LogP contribution in [0, 0.1) is 5.92 Å². The molecule has 1 aliphatic carbocycles. The van der Waals surface area contributed by atoms with Gasteiger partial charge in [-0.25, -0.2) is 0 Å². The Kier molecular flexibility index (Phi) is 4.75. The fourth-order valence-electron chi connectivity index (χ4n) is 2.44. The van der Waals surface area contributed by atoms with Crippen LogP contribution in [-0.2, 0) is 16.1 Å². The number of rotatable bonds is 3. The summed E-state index contributed by atoms with van der Waals surface area (Å²) in [5.74, 6) is 0.480. The zero-order valence-corrected chi connectivity index (χ0v) is 12.6. The monoisotopic (exact) mass is 323 g/mol. The van der Waals surface area contributed by atoms with Gasteiger partial charge in [-0.1, -0.05) is 28.1 Å². The van der Waals surface area contributed by atoms with E-state index in [1.54, 1.807) is 4.90 Å². The van der Waals surface area contributed by atoms with Crippen molar-refractivity contribution in [3.63, 3.8) is 0 Å². The van der Waals surface area contributed by atoms with Crippen LogP contribution in [0.25, 0.3) is 0 Å². The third-order valence-electron chi connectivity index (χ3n) is 3.60. The number of Topliss-reactive ketones (excluding diaryl/α,β-unsaturated/α-hetero) is 1. The Morgan fingerprint density at radius 2 is 1.84 bits per heavy atom. The summed E-state index contributed by atoms with van der Waals surface area (Å²) >= 11 is 3.40. The van der Waals surface area contributed by atoms with E-state index in [1.807, 2.05) is 31.3 Å². The first-order chi connectivity index (χ1) is 9.06. The van der Waals surface area contributed by atoms with Crippen molar-refractivity contribution in [2.75, 3.05) is 7.05 Å². The largest absolute Gasteiger partial charge is 0.341 e. The van der Waals surface area contributed by atoms with Crippen LogP contribution in [0.3, 0.4) is 0 Å². The lowest BCUT2D eigenvalue weighted by molar-refractivity contribution is -0.136. The molecule has 0 aromatic heterocycles. The third-order valence-corrected chi connectivity index (χ3v) is 4.13. The highest BCUT2D eigenvalue weighted by atomic mass is 79.9. The zero-order valence-electron chi connectivity index (χ0n) is 11.1. The highest BCUT2D eigenvalue weighted by Crippen LogP contribution is 2.23. The molecule has 0 radical (unpaired) electrons. The summed E-state index contributed by atoms with van der Waals surface area (Å²) in [5.41, 5.74) is 1.12. The number of benzene rings is 1. The van der Waals surface area contributed by atoms with Gasteiger partial charge in [-0.05, 0) is 30.5 Å². The molecule has 1 aromatic rings. The Hall–Kier alpha value is -1.16. The predicted molar refractivity (Wildman–Crippen MR) is 77.6 cm³/mol. The minimum absolute atomic E-state index is 0.0261. The van der Waals surface area contributed by atoms with E-state index in [-0.39, 0.29) is 11.8 Å². The van der Waals surface area contributed by atoms with Gasteiger partial charge in [0.05, 0.1) is 0 Å². The molecule has 0 aliphatic heterocycles. The third kappa shape index (κ3) is 3.90. The van der Waals surface area contributed by atoms with Gasteiger partial charge < -0.3 is 4.90 Å². The van der Waals surface area contributed by atoms with Crippen LogP contribution in [0.1, 0.15) is 31.2 Å². The van der Waals surface area contributed by atoms with Crippen molar-refractivity contribution < 1.29 is 9.59 Å². The zero-order chi connectivity index (χ0) is 13.8. The number of amides is 1. The standard InChI is InChI=1S/C15H18BrNO2/c1-17(10-11-2-6-13(16)7-3-11)15(19)12-4-8-14(18)9-5-12/h2-3,6-7,12H,4-5,8-10H2,1H3. The molecule has 0 N–H and O–H groups in total.